The number of nitro benzene ring substituents is 1. The number of amides is 3. The molecule has 226 valence electrons. The van der Waals surface area contributed by atoms with Gasteiger partial charge in [0.25, 0.3) is 5.69 Å². The first-order chi connectivity index (χ1) is 20.5. The first-order valence-electron chi connectivity index (χ1n) is 13.3. The van der Waals surface area contributed by atoms with E-state index < -0.39 is 39.3 Å². The molecule has 3 aromatic carbocycles. The highest BCUT2D eigenvalue weighted by Gasteiger charge is 2.34. The molecule has 0 aromatic heterocycles. The van der Waals surface area contributed by atoms with Gasteiger partial charge in [-0.3, -0.25) is 24.5 Å². The first kappa shape index (κ1) is 31.1. The van der Waals surface area contributed by atoms with Gasteiger partial charge in [-0.25, -0.2) is 8.42 Å². The number of sulfonamides is 1. The maximum absolute atomic E-state index is 13.5. The fraction of sp³-hybridized carbons (Fsp3) is 0.276. The number of carbonyl (C=O) groups is 3. The van der Waals surface area contributed by atoms with Crippen LogP contribution in [-0.2, 0) is 30.8 Å². The van der Waals surface area contributed by atoms with Crippen LogP contribution in [-0.4, -0.2) is 86.6 Å². The summed E-state index contributed by atoms with van der Waals surface area (Å²) in [7, 11) is -0.951. The van der Waals surface area contributed by atoms with Gasteiger partial charge in [0.05, 0.1) is 30.0 Å². The monoisotopic (exact) mass is 609 g/mol. The van der Waals surface area contributed by atoms with E-state index in [-0.39, 0.29) is 42.5 Å². The van der Waals surface area contributed by atoms with Crippen LogP contribution in [0.4, 0.5) is 11.4 Å². The van der Waals surface area contributed by atoms with Gasteiger partial charge >= 0.3 is 0 Å². The van der Waals surface area contributed by atoms with Crippen LogP contribution >= 0.6 is 0 Å². The molecular weight excluding hydrogens is 578 g/mol. The molecule has 3 amide bonds. The van der Waals surface area contributed by atoms with Crippen molar-refractivity contribution in [3.63, 3.8) is 0 Å². The van der Waals surface area contributed by atoms with Crippen molar-refractivity contribution >= 4 is 39.1 Å². The molecule has 1 aliphatic rings. The molecule has 1 aliphatic heterocycles. The van der Waals surface area contributed by atoms with Crippen molar-refractivity contribution in [3.05, 3.63) is 94.5 Å². The maximum Gasteiger partial charge on any atom is 0.269 e. The molecular formula is C29H31N5O8S. The van der Waals surface area contributed by atoms with Gasteiger partial charge in [-0.2, -0.15) is 4.31 Å². The third-order valence-electron chi connectivity index (χ3n) is 7.01. The molecule has 1 atom stereocenters. The Morgan fingerprint density at radius 2 is 1.67 bits per heavy atom. The van der Waals surface area contributed by atoms with Crippen molar-refractivity contribution in [2.45, 2.75) is 17.4 Å². The second-order valence-electron chi connectivity index (χ2n) is 9.81. The number of piperazine rings is 1. The summed E-state index contributed by atoms with van der Waals surface area (Å²) < 4.78 is 32.2. The van der Waals surface area contributed by atoms with Crippen LogP contribution in [0.25, 0.3) is 0 Å². The summed E-state index contributed by atoms with van der Waals surface area (Å²) in [5.74, 6) is -0.901. The van der Waals surface area contributed by atoms with Crippen molar-refractivity contribution in [2.75, 3.05) is 45.2 Å². The maximum atomic E-state index is 13.5. The molecule has 1 N–H and O–H groups in total. The second-order valence-corrected chi connectivity index (χ2v) is 11.7. The van der Waals surface area contributed by atoms with Crippen molar-refractivity contribution in [1.82, 2.24) is 14.5 Å². The quantitative estimate of drug-likeness (QED) is 0.255. The molecule has 0 unspecified atom stereocenters. The summed E-state index contributed by atoms with van der Waals surface area (Å²) in [4.78, 5) is 52.2. The number of carbonyl (C=O) groups excluding carboxylic acids is 3. The number of ether oxygens (including phenoxy) is 1. The van der Waals surface area contributed by atoms with Gasteiger partial charge in [0.1, 0.15) is 11.8 Å². The molecule has 0 radical (unpaired) electrons. The average molecular weight is 610 g/mol. The lowest BCUT2D eigenvalue weighted by molar-refractivity contribution is -0.384. The Bertz CT molecular complexity index is 1580. The van der Waals surface area contributed by atoms with E-state index in [0.29, 0.717) is 11.4 Å². The molecule has 0 bridgehead atoms. The summed E-state index contributed by atoms with van der Waals surface area (Å²) in [5, 5.41) is 13.6. The number of benzene rings is 3. The Morgan fingerprint density at radius 1 is 1.02 bits per heavy atom. The number of likely N-dealkylation sites (N-methyl/N-ethyl adjacent to an activating group) is 1. The number of nitro groups is 1. The molecule has 43 heavy (non-hydrogen) atoms. The standard InChI is InChI=1S/C29H31N5O8S/c1-31(22-8-12-24(42-2)13-9-22)29(37)26(18-21-6-4-3-5-7-21)30-27(35)19-32-16-17-33(20-28(32)36)43(40,41)25-14-10-23(11-15-25)34(38)39/h3-15,26H,16-20H2,1-2H3,(H,30,35)/t26-/m0/s1. The van der Waals surface area contributed by atoms with Crippen molar-refractivity contribution < 1.29 is 32.5 Å². The molecule has 13 nitrogen and oxygen atoms in total. The van der Waals surface area contributed by atoms with E-state index in [1.807, 2.05) is 30.3 Å². The Balaban J connectivity index is 1.42. The van der Waals surface area contributed by atoms with Crippen LogP contribution in [0.3, 0.4) is 0 Å². The summed E-state index contributed by atoms with van der Waals surface area (Å²) >= 11 is 0. The van der Waals surface area contributed by atoms with Gasteiger partial charge in [0, 0.05) is 44.4 Å². The van der Waals surface area contributed by atoms with Crippen LogP contribution < -0.4 is 15.0 Å². The van der Waals surface area contributed by atoms with Gasteiger partial charge in [-0.05, 0) is 42.0 Å². The Morgan fingerprint density at radius 3 is 2.26 bits per heavy atom. The molecule has 1 saturated heterocycles. The Kier molecular flexibility index (Phi) is 9.73. The lowest BCUT2D eigenvalue weighted by atomic mass is 10.0. The van der Waals surface area contributed by atoms with E-state index in [0.717, 1.165) is 34.1 Å². The fourth-order valence-electron chi connectivity index (χ4n) is 4.58. The zero-order chi connectivity index (χ0) is 31.1. The third-order valence-corrected chi connectivity index (χ3v) is 8.87. The SMILES string of the molecule is COc1ccc(N(C)C(=O)[C@H](Cc2ccccc2)NC(=O)CN2CCN(S(=O)(=O)c3ccc([N+](=O)[O-])cc3)CC2=O)cc1. The molecule has 4 rings (SSSR count). The number of rotatable bonds is 11. The Labute approximate surface area is 248 Å². The normalized spacial score (nSPS) is 14.6. The summed E-state index contributed by atoms with van der Waals surface area (Å²) in [5.41, 5.74) is 1.16. The van der Waals surface area contributed by atoms with Crippen LogP contribution in [0.5, 0.6) is 5.75 Å². The van der Waals surface area contributed by atoms with Gasteiger partial charge in [0.15, 0.2) is 0 Å². The van der Waals surface area contributed by atoms with Gasteiger partial charge < -0.3 is 19.9 Å². The number of hydrogen-bond acceptors (Lipinski definition) is 8. The van der Waals surface area contributed by atoms with E-state index >= 15 is 0 Å². The first-order valence-corrected chi connectivity index (χ1v) is 14.7. The van der Waals surface area contributed by atoms with Crippen LogP contribution in [0, 0.1) is 10.1 Å². The molecule has 0 aliphatic carbocycles. The molecule has 3 aromatic rings. The summed E-state index contributed by atoms with van der Waals surface area (Å²) in [6, 6.07) is 19.5. The fourth-order valence-corrected chi connectivity index (χ4v) is 5.96. The minimum absolute atomic E-state index is 0.0541. The molecule has 14 heteroatoms. The topological polar surface area (TPSA) is 159 Å². The summed E-state index contributed by atoms with van der Waals surface area (Å²) in [6.45, 7) is -0.999. The number of nitrogens with zero attached hydrogens (tertiary/aromatic N) is 4. The lowest BCUT2D eigenvalue weighted by Crippen LogP contribution is -2.56. The van der Waals surface area contributed by atoms with E-state index in [2.05, 4.69) is 5.32 Å². The summed E-state index contributed by atoms with van der Waals surface area (Å²) in [6.07, 6.45) is 0.209. The largest absolute Gasteiger partial charge is 0.497 e. The van der Waals surface area contributed by atoms with Crippen molar-refractivity contribution in [1.29, 1.82) is 0 Å². The van der Waals surface area contributed by atoms with Crippen molar-refractivity contribution in [2.24, 2.45) is 0 Å². The number of anilines is 1. The van der Waals surface area contributed by atoms with E-state index in [9.17, 15) is 32.9 Å². The number of nitrogens with one attached hydrogen (secondary N) is 1. The second kappa shape index (κ2) is 13.4. The van der Waals surface area contributed by atoms with E-state index in [1.54, 1.807) is 31.3 Å². The smallest absolute Gasteiger partial charge is 0.269 e. The highest BCUT2D eigenvalue weighted by molar-refractivity contribution is 7.89. The van der Waals surface area contributed by atoms with Crippen LogP contribution in [0.2, 0.25) is 0 Å². The zero-order valence-electron chi connectivity index (χ0n) is 23.6. The van der Waals surface area contributed by atoms with E-state index in [4.69, 9.17) is 4.74 Å². The van der Waals surface area contributed by atoms with E-state index in [1.165, 1.54) is 16.9 Å². The van der Waals surface area contributed by atoms with Crippen LogP contribution in [0.1, 0.15) is 5.56 Å². The zero-order valence-corrected chi connectivity index (χ0v) is 24.4. The number of hydrogen-bond donors (Lipinski definition) is 1. The Hall–Kier alpha value is -4.82. The third kappa shape index (κ3) is 7.53. The molecule has 0 saturated carbocycles. The predicted octanol–water partition coefficient (Wildman–Crippen LogP) is 1.83. The highest BCUT2D eigenvalue weighted by atomic mass is 32.2. The molecule has 0 spiro atoms. The molecule has 1 heterocycles. The molecule has 1 fully saturated rings. The predicted molar refractivity (Wildman–Crippen MR) is 157 cm³/mol. The highest BCUT2D eigenvalue weighted by Crippen LogP contribution is 2.22. The number of methoxy groups -OCH3 is 1. The minimum Gasteiger partial charge on any atom is -0.497 e. The number of non-ortho nitro benzene ring substituents is 1. The van der Waals surface area contributed by atoms with Crippen LogP contribution in [0.15, 0.2) is 83.8 Å². The lowest BCUT2D eigenvalue weighted by Gasteiger charge is -2.33. The van der Waals surface area contributed by atoms with Crippen molar-refractivity contribution in [3.8, 4) is 5.75 Å². The van der Waals surface area contributed by atoms with Gasteiger partial charge in [0.2, 0.25) is 27.7 Å². The van der Waals surface area contributed by atoms with Gasteiger partial charge in [-0.15, -0.1) is 0 Å². The average Bonchev–Trinajstić information content (AvgIpc) is 3.01. The van der Waals surface area contributed by atoms with Gasteiger partial charge in [-0.1, -0.05) is 30.3 Å². The minimum atomic E-state index is -4.09.